The molecule has 0 fully saturated rings. The van der Waals surface area contributed by atoms with Gasteiger partial charge in [0.1, 0.15) is 0 Å². The number of allylic oxidation sites excluding steroid dienone is 1. The monoisotopic (exact) mass is 345 g/mol. The zero-order chi connectivity index (χ0) is 18.7. The molecule has 1 aromatic rings. The smallest absolute Gasteiger partial charge is 0.340 e. The lowest BCUT2D eigenvalue weighted by molar-refractivity contribution is -0.136. The van der Waals surface area contributed by atoms with Gasteiger partial charge in [0.25, 0.3) is 5.91 Å². The Labute approximate surface area is 147 Å². The predicted octanol–water partition coefficient (Wildman–Crippen LogP) is 2.73. The first-order valence-corrected chi connectivity index (χ1v) is 8.00. The van der Waals surface area contributed by atoms with Crippen molar-refractivity contribution in [2.24, 2.45) is 5.92 Å². The van der Waals surface area contributed by atoms with Crippen LogP contribution in [0.25, 0.3) is 6.08 Å². The molecule has 1 amide bonds. The van der Waals surface area contributed by atoms with Crippen LogP contribution in [-0.4, -0.2) is 42.6 Å². The van der Waals surface area contributed by atoms with Gasteiger partial charge < -0.3 is 19.5 Å². The maximum atomic E-state index is 12.8. The summed E-state index contributed by atoms with van der Waals surface area (Å²) in [6.45, 7) is 6.27. The number of carbonyl (C=O) groups excluding carboxylic acids is 2. The van der Waals surface area contributed by atoms with Crippen molar-refractivity contribution >= 4 is 18.0 Å². The van der Waals surface area contributed by atoms with Gasteiger partial charge >= 0.3 is 5.97 Å². The van der Waals surface area contributed by atoms with E-state index >= 15 is 0 Å². The van der Waals surface area contributed by atoms with Crippen LogP contribution >= 0.6 is 0 Å². The predicted molar refractivity (Wildman–Crippen MR) is 93.9 cm³/mol. The summed E-state index contributed by atoms with van der Waals surface area (Å²) in [6, 6.07) is 4.73. The molecule has 25 heavy (non-hydrogen) atoms. The third-order valence-electron chi connectivity index (χ3n) is 3.96. The van der Waals surface area contributed by atoms with E-state index in [-0.39, 0.29) is 28.7 Å². The highest BCUT2D eigenvalue weighted by molar-refractivity contribution is 6.16. The van der Waals surface area contributed by atoms with Gasteiger partial charge in [-0.3, -0.25) is 4.79 Å². The lowest BCUT2D eigenvalue weighted by Crippen LogP contribution is -2.28. The van der Waals surface area contributed by atoms with Crippen molar-refractivity contribution in [1.82, 2.24) is 4.90 Å². The van der Waals surface area contributed by atoms with E-state index in [1.807, 2.05) is 13.8 Å². The van der Waals surface area contributed by atoms with Crippen molar-refractivity contribution in [2.45, 2.75) is 20.8 Å². The van der Waals surface area contributed by atoms with Gasteiger partial charge in [0, 0.05) is 12.2 Å². The first-order valence-electron chi connectivity index (χ1n) is 8.00. The van der Waals surface area contributed by atoms with E-state index in [0.717, 1.165) is 0 Å². The van der Waals surface area contributed by atoms with E-state index in [1.54, 1.807) is 30.0 Å². The Bertz CT molecular complexity index is 761. The molecule has 0 spiro atoms. The van der Waals surface area contributed by atoms with Crippen molar-refractivity contribution in [3.8, 4) is 11.5 Å². The summed E-state index contributed by atoms with van der Waals surface area (Å²) in [5, 5.41) is 9.71. The Kier molecular flexibility index (Phi) is 5.51. The number of hydrogen-bond donors (Lipinski definition) is 1. The van der Waals surface area contributed by atoms with Gasteiger partial charge in [-0.05, 0) is 36.6 Å². The molecule has 0 saturated carbocycles. The molecular weight excluding hydrogens is 322 g/mol. The molecule has 1 N–H and O–H groups in total. The summed E-state index contributed by atoms with van der Waals surface area (Å²) in [5.41, 5.74) is 1.76. The molecule has 2 rings (SSSR count). The molecule has 0 atom stereocenters. The maximum Gasteiger partial charge on any atom is 0.340 e. The summed E-state index contributed by atoms with van der Waals surface area (Å²) in [5.74, 6) is -0.235. The van der Waals surface area contributed by atoms with Crippen LogP contribution in [-0.2, 0) is 14.3 Å². The minimum Gasteiger partial charge on any atom is -0.504 e. The lowest BCUT2D eigenvalue weighted by atomic mass is 10.0. The van der Waals surface area contributed by atoms with Gasteiger partial charge in [0.2, 0.25) is 0 Å². The van der Waals surface area contributed by atoms with Gasteiger partial charge in [-0.2, -0.15) is 0 Å². The number of phenolic OH excluding ortho intramolecular Hbond substituents is 1. The van der Waals surface area contributed by atoms with E-state index in [2.05, 4.69) is 0 Å². The molecule has 1 aromatic carbocycles. The number of methoxy groups -OCH3 is 2. The highest BCUT2D eigenvalue weighted by Gasteiger charge is 2.37. The Morgan fingerprint density at radius 3 is 2.56 bits per heavy atom. The molecule has 0 bridgehead atoms. The third kappa shape index (κ3) is 3.68. The molecule has 0 unspecified atom stereocenters. The van der Waals surface area contributed by atoms with Gasteiger partial charge in [-0.25, -0.2) is 4.79 Å². The normalized spacial score (nSPS) is 16.2. The number of carbonyl (C=O) groups is 2. The number of benzene rings is 1. The average molecular weight is 345 g/mol. The standard InChI is InChI=1S/C19H23NO5/c1-11(2)10-20-12(3)17(19(23)25-5)14(18(20)22)8-13-6-7-15(21)16(9-13)24-4/h6-9,11,21H,10H2,1-5H3. The van der Waals surface area contributed by atoms with Gasteiger partial charge in [0.15, 0.2) is 11.5 Å². The number of hydrogen-bond acceptors (Lipinski definition) is 5. The van der Waals surface area contributed by atoms with Crippen LogP contribution in [0.15, 0.2) is 35.0 Å². The summed E-state index contributed by atoms with van der Waals surface area (Å²) in [7, 11) is 2.74. The molecular formula is C19H23NO5. The fraction of sp³-hybridized carbons (Fsp3) is 0.368. The van der Waals surface area contributed by atoms with E-state index in [0.29, 0.717) is 23.6 Å². The highest BCUT2D eigenvalue weighted by atomic mass is 16.5. The zero-order valence-electron chi connectivity index (χ0n) is 15.1. The molecule has 1 heterocycles. The van der Waals surface area contributed by atoms with Crippen LogP contribution in [0, 0.1) is 5.92 Å². The zero-order valence-corrected chi connectivity index (χ0v) is 15.1. The number of esters is 1. The topological polar surface area (TPSA) is 76.1 Å². The fourth-order valence-electron chi connectivity index (χ4n) is 2.76. The second-order valence-corrected chi connectivity index (χ2v) is 6.25. The number of ether oxygens (including phenoxy) is 2. The van der Waals surface area contributed by atoms with Crippen molar-refractivity contribution in [3.63, 3.8) is 0 Å². The van der Waals surface area contributed by atoms with Gasteiger partial charge in [0.05, 0.1) is 25.4 Å². The Hall–Kier alpha value is -2.76. The van der Waals surface area contributed by atoms with Crippen molar-refractivity contribution in [1.29, 1.82) is 0 Å². The summed E-state index contributed by atoms with van der Waals surface area (Å²) in [6.07, 6.45) is 1.61. The number of rotatable bonds is 5. The van der Waals surface area contributed by atoms with E-state index in [9.17, 15) is 14.7 Å². The second kappa shape index (κ2) is 7.42. The van der Waals surface area contributed by atoms with Crippen LogP contribution < -0.4 is 4.74 Å². The SMILES string of the molecule is COC(=O)C1=C(C)N(CC(C)C)C(=O)C1=Cc1ccc(O)c(OC)c1. The second-order valence-electron chi connectivity index (χ2n) is 6.25. The summed E-state index contributed by atoms with van der Waals surface area (Å²) >= 11 is 0. The average Bonchev–Trinajstić information content (AvgIpc) is 2.80. The lowest BCUT2D eigenvalue weighted by Gasteiger charge is -2.19. The number of amides is 1. The largest absolute Gasteiger partial charge is 0.504 e. The third-order valence-corrected chi connectivity index (χ3v) is 3.96. The molecule has 0 radical (unpaired) electrons. The molecule has 1 aliphatic heterocycles. The molecule has 0 aliphatic carbocycles. The first kappa shape index (κ1) is 18.6. The Morgan fingerprint density at radius 1 is 1.32 bits per heavy atom. The molecule has 0 aromatic heterocycles. The van der Waals surface area contributed by atoms with Crippen molar-refractivity contribution < 1.29 is 24.2 Å². The Morgan fingerprint density at radius 2 is 2.00 bits per heavy atom. The maximum absolute atomic E-state index is 12.8. The summed E-state index contributed by atoms with van der Waals surface area (Å²) in [4.78, 5) is 26.6. The quantitative estimate of drug-likeness (QED) is 0.656. The fourth-order valence-corrected chi connectivity index (χ4v) is 2.76. The first-order chi connectivity index (χ1) is 11.8. The molecule has 6 heteroatoms. The van der Waals surface area contributed by atoms with E-state index < -0.39 is 5.97 Å². The highest BCUT2D eigenvalue weighted by Crippen LogP contribution is 2.33. The van der Waals surface area contributed by atoms with Gasteiger partial charge in [-0.15, -0.1) is 0 Å². The Balaban J connectivity index is 2.53. The molecule has 134 valence electrons. The summed E-state index contributed by atoms with van der Waals surface area (Å²) < 4.78 is 9.95. The number of nitrogens with zero attached hydrogens (tertiary/aromatic N) is 1. The van der Waals surface area contributed by atoms with Crippen molar-refractivity contribution in [2.75, 3.05) is 20.8 Å². The van der Waals surface area contributed by atoms with Gasteiger partial charge in [-0.1, -0.05) is 19.9 Å². The van der Waals surface area contributed by atoms with E-state index in [1.165, 1.54) is 20.3 Å². The van der Waals surface area contributed by atoms with E-state index in [4.69, 9.17) is 9.47 Å². The minimum absolute atomic E-state index is 0.00347. The van der Waals surface area contributed by atoms with Crippen molar-refractivity contribution in [3.05, 3.63) is 40.6 Å². The van der Waals surface area contributed by atoms with Crippen LogP contribution in [0.3, 0.4) is 0 Å². The van der Waals surface area contributed by atoms with Crippen LogP contribution in [0.2, 0.25) is 0 Å². The van der Waals surface area contributed by atoms with Crippen LogP contribution in [0.5, 0.6) is 11.5 Å². The van der Waals surface area contributed by atoms with Crippen LogP contribution in [0.4, 0.5) is 0 Å². The number of aromatic hydroxyl groups is 1. The molecule has 6 nitrogen and oxygen atoms in total. The number of phenols is 1. The van der Waals surface area contributed by atoms with Crippen LogP contribution in [0.1, 0.15) is 26.3 Å². The molecule has 0 saturated heterocycles. The minimum atomic E-state index is -0.547. The molecule has 1 aliphatic rings.